The minimum atomic E-state index is -4.56. The molecule has 0 aliphatic carbocycles. The molecule has 170 valence electrons. The third-order valence-electron chi connectivity index (χ3n) is 4.59. The quantitative estimate of drug-likeness (QED) is 0.648. The molecule has 0 amide bonds. The molecule has 1 aliphatic heterocycles. The van der Waals surface area contributed by atoms with Crippen molar-refractivity contribution in [3.05, 3.63) is 40.8 Å². The van der Waals surface area contributed by atoms with Gasteiger partial charge in [0.2, 0.25) is 5.82 Å². The average molecular weight is 491 g/mol. The van der Waals surface area contributed by atoms with Gasteiger partial charge in [-0.15, -0.1) is 0 Å². The summed E-state index contributed by atoms with van der Waals surface area (Å²) in [4.78, 5) is 20.1. The largest absolute Gasteiger partial charge is 0.484 e. The number of ether oxygens (including phenoxy) is 1. The Labute approximate surface area is 184 Å². The molecular formula is C18H14ClF3N4O5S. The van der Waals surface area contributed by atoms with E-state index in [-0.39, 0.29) is 52.4 Å². The highest BCUT2D eigenvalue weighted by molar-refractivity contribution is 7.92. The van der Waals surface area contributed by atoms with Gasteiger partial charge in [0, 0.05) is 25.4 Å². The highest BCUT2D eigenvalue weighted by Crippen LogP contribution is 2.33. The molecule has 1 atom stereocenters. The third kappa shape index (κ3) is 5.03. The molecule has 0 saturated carbocycles. The number of carboxylic acid groups (broad SMARTS) is 1. The van der Waals surface area contributed by atoms with Crippen LogP contribution in [0.25, 0.3) is 0 Å². The van der Waals surface area contributed by atoms with Crippen LogP contribution in [0.4, 0.5) is 19.0 Å². The van der Waals surface area contributed by atoms with Gasteiger partial charge in [0.15, 0.2) is 16.4 Å². The molecule has 2 heterocycles. The van der Waals surface area contributed by atoms with E-state index in [2.05, 4.69) is 14.7 Å². The summed E-state index contributed by atoms with van der Waals surface area (Å²) in [5.41, 5.74) is -0.286. The summed E-state index contributed by atoms with van der Waals surface area (Å²) in [6.45, 7) is -1.55. The molecule has 1 fully saturated rings. The second-order valence-electron chi connectivity index (χ2n) is 6.75. The lowest BCUT2D eigenvalue weighted by Gasteiger charge is -2.19. The number of aromatic carboxylic acids is 1. The van der Waals surface area contributed by atoms with Crippen molar-refractivity contribution in [2.24, 2.45) is 0 Å². The van der Waals surface area contributed by atoms with Crippen molar-refractivity contribution >= 4 is 33.2 Å². The van der Waals surface area contributed by atoms with E-state index in [1.165, 1.54) is 4.90 Å². The normalized spacial score (nSPS) is 16.6. The fourth-order valence-corrected chi connectivity index (χ4v) is 5.37. The smallest absolute Gasteiger partial charge is 0.422 e. The highest BCUT2D eigenvalue weighted by Gasteiger charge is 2.37. The molecule has 1 aliphatic rings. The van der Waals surface area contributed by atoms with E-state index in [0.717, 1.165) is 24.4 Å². The predicted molar refractivity (Wildman–Crippen MR) is 105 cm³/mol. The predicted octanol–water partition coefficient (Wildman–Crippen LogP) is 2.69. The van der Waals surface area contributed by atoms with Gasteiger partial charge >= 0.3 is 12.1 Å². The van der Waals surface area contributed by atoms with Crippen LogP contribution in [0.2, 0.25) is 5.02 Å². The van der Waals surface area contributed by atoms with Crippen LogP contribution in [0.15, 0.2) is 29.3 Å². The molecule has 9 nitrogen and oxygen atoms in total. The first-order valence-electron chi connectivity index (χ1n) is 8.91. The number of alkyl halides is 3. The Morgan fingerprint density at radius 3 is 2.72 bits per heavy atom. The number of benzene rings is 1. The maximum atomic E-state index is 13.1. The molecule has 3 rings (SSSR count). The molecule has 32 heavy (non-hydrogen) atoms. The molecule has 1 saturated heterocycles. The lowest BCUT2D eigenvalue weighted by atomic mass is 10.3. The maximum Gasteiger partial charge on any atom is 0.422 e. The molecule has 1 aromatic heterocycles. The first-order chi connectivity index (χ1) is 14.9. The first kappa shape index (κ1) is 23.6. The van der Waals surface area contributed by atoms with Crippen molar-refractivity contribution in [3.8, 4) is 11.8 Å². The summed E-state index contributed by atoms with van der Waals surface area (Å²) in [7, 11) is -4.03. The number of nitriles is 1. The number of hydrogen-bond donors (Lipinski definition) is 1. The van der Waals surface area contributed by atoms with E-state index in [9.17, 15) is 31.5 Å². The van der Waals surface area contributed by atoms with Crippen molar-refractivity contribution in [1.82, 2.24) is 9.97 Å². The van der Waals surface area contributed by atoms with Crippen molar-refractivity contribution < 1.29 is 36.2 Å². The number of carbonyl (C=O) groups is 1. The fourth-order valence-electron chi connectivity index (χ4n) is 3.14. The second kappa shape index (κ2) is 8.79. The second-order valence-corrected chi connectivity index (χ2v) is 9.35. The van der Waals surface area contributed by atoms with Gasteiger partial charge in [-0.1, -0.05) is 11.6 Å². The summed E-state index contributed by atoms with van der Waals surface area (Å²) in [5.74, 6) is -1.93. The van der Waals surface area contributed by atoms with Crippen LogP contribution in [0, 0.1) is 11.3 Å². The lowest BCUT2D eigenvalue weighted by Crippen LogP contribution is -2.29. The van der Waals surface area contributed by atoms with Crippen molar-refractivity contribution in [2.45, 2.75) is 22.7 Å². The van der Waals surface area contributed by atoms with E-state index in [1.54, 1.807) is 6.07 Å². The number of nitrogens with zero attached hydrogens (tertiary/aromatic N) is 4. The summed E-state index contributed by atoms with van der Waals surface area (Å²) in [5, 5.41) is 17.0. The minimum absolute atomic E-state index is 0.0799. The summed E-state index contributed by atoms with van der Waals surface area (Å²) in [6.07, 6.45) is -3.48. The Hall–Kier alpha value is -3.11. The Morgan fingerprint density at radius 2 is 2.12 bits per heavy atom. The van der Waals surface area contributed by atoms with Crippen LogP contribution in [-0.4, -0.2) is 60.6 Å². The summed E-state index contributed by atoms with van der Waals surface area (Å²) < 4.78 is 67.6. The topological polar surface area (TPSA) is 133 Å². The van der Waals surface area contributed by atoms with Gasteiger partial charge in [0.25, 0.3) is 0 Å². The van der Waals surface area contributed by atoms with Crippen molar-refractivity contribution in [3.63, 3.8) is 0 Å². The zero-order chi connectivity index (χ0) is 23.7. The Bertz CT molecular complexity index is 1200. The van der Waals surface area contributed by atoms with Crippen molar-refractivity contribution in [2.75, 3.05) is 24.6 Å². The van der Waals surface area contributed by atoms with Gasteiger partial charge < -0.3 is 14.7 Å². The van der Waals surface area contributed by atoms with Gasteiger partial charge in [-0.2, -0.15) is 18.4 Å². The molecule has 1 N–H and O–H groups in total. The van der Waals surface area contributed by atoms with E-state index >= 15 is 0 Å². The molecule has 0 bridgehead atoms. The molecule has 0 spiro atoms. The fraction of sp³-hybridized carbons (Fsp3) is 0.333. The standard InChI is InChI=1S/C18H14ClF3N4O5S/c19-13-5-10(31-9-18(20,21)22)1-2-14(13)32(29,30)11-3-4-26(8-11)16-12(17(27)28)7-24-15(6-23)25-16/h1-2,5,7,11H,3-4,8-9H2,(H,27,28)/t11-/m0/s1. The number of carboxylic acids is 1. The first-order valence-corrected chi connectivity index (χ1v) is 10.8. The average Bonchev–Trinajstić information content (AvgIpc) is 3.22. The maximum absolute atomic E-state index is 13.1. The molecule has 14 heteroatoms. The monoisotopic (exact) mass is 490 g/mol. The van der Waals surface area contributed by atoms with E-state index in [1.807, 2.05) is 0 Å². The number of halogens is 4. The zero-order valence-electron chi connectivity index (χ0n) is 16.0. The van der Waals surface area contributed by atoms with Gasteiger partial charge in [0.05, 0.1) is 15.2 Å². The molecule has 2 aromatic rings. The van der Waals surface area contributed by atoms with Crippen LogP contribution in [0.1, 0.15) is 22.6 Å². The van der Waals surface area contributed by atoms with Crippen LogP contribution in [0.3, 0.4) is 0 Å². The number of hydrogen-bond acceptors (Lipinski definition) is 8. The van der Waals surface area contributed by atoms with Gasteiger partial charge in [-0.05, 0) is 18.6 Å². The molecule has 0 radical (unpaired) electrons. The molecular weight excluding hydrogens is 477 g/mol. The van der Waals surface area contributed by atoms with Crippen LogP contribution in [0.5, 0.6) is 5.75 Å². The Kier molecular flexibility index (Phi) is 6.47. The summed E-state index contributed by atoms with van der Waals surface area (Å²) >= 11 is 6.01. The Morgan fingerprint density at radius 1 is 1.41 bits per heavy atom. The zero-order valence-corrected chi connectivity index (χ0v) is 17.6. The third-order valence-corrected chi connectivity index (χ3v) is 7.25. The number of sulfone groups is 1. The van der Waals surface area contributed by atoms with Crippen molar-refractivity contribution in [1.29, 1.82) is 5.26 Å². The van der Waals surface area contributed by atoms with Gasteiger partial charge in [-0.25, -0.2) is 23.2 Å². The Balaban J connectivity index is 1.83. The van der Waals surface area contributed by atoms with Gasteiger partial charge in [0.1, 0.15) is 23.2 Å². The van der Waals surface area contributed by atoms with E-state index < -0.39 is 33.8 Å². The summed E-state index contributed by atoms with van der Waals surface area (Å²) in [6, 6.07) is 4.82. The SMILES string of the molecule is N#Cc1ncc(C(=O)O)c(N2CC[C@H](S(=O)(=O)c3ccc(OCC(F)(F)F)cc3Cl)C2)n1. The number of rotatable bonds is 6. The van der Waals surface area contributed by atoms with Crippen LogP contribution in [-0.2, 0) is 9.84 Å². The minimum Gasteiger partial charge on any atom is -0.484 e. The van der Waals surface area contributed by atoms with E-state index in [4.69, 9.17) is 16.9 Å². The van der Waals surface area contributed by atoms with Crippen LogP contribution < -0.4 is 9.64 Å². The lowest BCUT2D eigenvalue weighted by molar-refractivity contribution is -0.153. The van der Waals surface area contributed by atoms with Gasteiger partial charge in [-0.3, -0.25) is 0 Å². The van der Waals surface area contributed by atoms with E-state index in [0.29, 0.717) is 0 Å². The number of anilines is 1. The molecule has 1 aromatic carbocycles. The molecule has 0 unspecified atom stereocenters. The van der Waals surface area contributed by atoms with Crippen LogP contribution >= 0.6 is 11.6 Å². The highest BCUT2D eigenvalue weighted by atomic mass is 35.5. The number of aromatic nitrogens is 2.